The lowest BCUT2D eigenvalue weighted by molar-refractivity contribution is -0.0143. The zero-order valence-corrected chi connectivity index (χ0v) is 13.1. The Morgan fingerprint density at radius 3 is 2.68 bits per heavy atom. The summed E-state index contributed by atoms with van der Waals surface area (Å²) in [6, 6.07) is 15.0. The maximum atomic E-state index is 6.26. The van der Waals surface area contributed by atoms with Crippen LogP contribution in [0.1, 0.15) is 31.9 Å². The first kappa shape index (κ1) is 14.8. The number of imidazole rings is 1. The van der Waals surface area contributed by atoms with E-state index < -0.39 is 0 Å². The molecule has 0 saturated heterocycles. The monoisotopic (exact) mass is 294 g/mol. The first-order chi connectivity index (χ1) is 10.8. The molecule has 2 aromatic carbocycles. The molecule has 3 aromatic rings. The lowest BCUT2D eigenvalue weighted by Gasteiger charge is -2.23. The van der Waals surface area contributed by atoms with Crippen molar-refractivity contribution in [2.45, 2.75) is 39.0 Å². The molecule has 3 heteroatoms. The van der Waals surface area contributed by atoms with Gasteiger partial charge in [0.15, 0.2) is 0 Å². The second-order valence-electron chi connectivity index (χ2n) is 5.71. The number of ether oxygens (including phenoxy) is 1. The minimum Gasteiger partial charge on any atom is -0.369 e. The van der Waals surface area contributed by atoms with Crippen LogP contribution in [0.5, 0.6) is 0 Å². The summed E-state index contributed by atoms with van der Waals surface area (Å²) >= 11 is 0. The summed E-state index contributed by atoms with van der Waals surface area (Å²) in [5.74, 6) is 0. The number of fused-ring (bicyclic) bond motifs is 1. The lowest BCUT2D eigenvalue weighted by Crippen LogP contribution is -2.17. The second-order valence-corrected chi connectivity index (χ2v) is 5.71. The van der Waals surface area contributed by atoms with Gasteiger partial charge < -0.3 is 9.30 Å². The van der Waals surface area contributed by atoms with Crippen molar-refractivity contribution in [2.24, 2.45) is 0 Å². The molecule has 0 aliphatic rings. The van der Waals surface area contributed by atoms with E-state index in [9.17, 15) is 0 Å². The third-order valence-corrected chi connectivity index (χ3v) is 4.05. The quantitative estimate of drug-likeness (QED) is 0.664. The Kier molecular flexibility index (Phi) is 4.54. The third kappa shape index (κ3) is 3.37. The van der Waals surface area contributed by atoms with E-state index in [0.29, 0.717) is 0 Å². The molecule has 2 unspecified atom stereocenters. The topological polar surface area (TPSA) is 27.1 Å². The smallest absolute Gasteiger partial charge is 0.101 e. The van der Waals surface area contributed by atoms with E-state index in [1.165, 1.54) is 16.3 Å². The summed E-state index contributed by atoms with van der Waals surface area (Å²) < 4.78 is 8.33. The van der Waals surface area contributed by atoms with Gasteiger partial charge in [0, 0.05) is 12.4 Å². The molecular formula is C19H22N2O. The SMILES string of the molecule is CCC(C)OC(Cn1ccnc1)c1ccc2ccccc2c1. The Morgan fingerprint density at radius 2 is 1.95 bits per heavy atom. The van der Waals surface area contributed by atoms with Crippen molar-refractivity contribution in [1.82, 2.24) is 9.55 Å². The number of benzene rings is 2. The van der Waals surface area contributed by atoms with E-state index >= 15 is 0 Å². The number of aromatic nitrogens is 2. The molecule has 0 saturated carbocycles. The van der Waals surface area contributed by atoms with Gasteiger partial charge in [0.2, 0.25) is 0 Å². The third-order valence-electron chi connectivity index (χ3n) is 4.05. The fourth-order valence-electron chi connectivity index (χ4n) is 2.60. The molecule has 3 nitrogen and oxygen atoms in total. The van der Waals surface area contributed by atoms with Crippen LogP contribution in [0.3, 0.4) is 0 Å². The van der Waals surface area contributed by atoms with Gasteiger partial charge >= 0.3 is 0 Å². The Morgan fingerprint density at radius 1 is 1.14 bits per heavy atom. The van der Waals surface area contributed by atoms with Crippen LogP contribution in [0, 0.1) is 0 Å². The molecule has 1 aromatic heterocycles. The van der Waals surface area contributed by atoms with Crippen molar-refractivity contribution in [3.05, 3.63) is 66.7 Å². The van der Waals surface area contributed by atoms with Gasteiger partial charge in [-0.2, -0.15) is 0 Å². The molecule has 0 N–H and O–H groups in total. The van der Waals surface area contributed by atoms with Gasteiger partial charge in [-0.1, -0.05) is 43.3 Å². The van der Waals surface area contributed by atoms with Gasteiger partial charge in [0.1, 0.15) is 6.10 Å². The van der Waals surface area contributed by atoms with Gasteiger partial charge in [0.25, 0.3) is 0 Å². The van der Waals surface area contributed by atoms with Gasteiger partial charge in [-0.3, -0.25) is 0 Å². The molecule has 2 atom stereocenters. The maximum Gasteiger partial charge on any atom is 0.101 e. The van der Waals surface area contributed by atoms with Gasteiger partial charge in [-0.05, 0) is 35.7 Å². The molecular weight excluding hydrogens is 272 g/mol. The molecule has 0 radical (unpaired) electrons. The molecule has 0 aliphatic heterocycles. The number of hydrogen-bond acceptors (Lipinski definition) is 2. The van der Waals surface area contributed by atoms with Gasteiger partial charge in [-0.15, -0.1) is 0 Å². The Labute approximate surface area is 131 Å². The van der Waals surface area contributed by atoms with Crippen LogP contribution < -0.4 is 0 Å². The van der Waals surface area contributed by atoms with Crippen molar-refractivity contribution in [3.63, 3.8) is 0 Å². The molecule has 0 aliphatic carbocycles. The number of nitrogens with zero attached hydrogens (tertiary/aromatic N) is 2. The summed E-state index contributed by atoms with van der Waals surface area (Å²) in [5, 5.41) is 2.51. The average Bonchev–Trinajstić information content (AvgIpc) is 3.06. The van der Waals surface area contributed by atoms with Gasteiger partial charge in [-0.25, -0.2) is 4.98 Å². The first-order valence-electron chi connectivity index (χ1n) is 7.86. The van der Waals surface area contributed by atoms with Crippen molar-refractivity contribution in [3.8, 4) is 0 Å². The molecule has 114 valence electrons. The normalized spacial score (nSPS) is 14.1. The van der Waals surface area contributed by atoms with Crippen LogP contribution in [0.4, 0.5) is 0 Å². The van der Waals surface area contributed by atoms with Crippen molar-refractivity contribution in [1.29, 1.82) is 0 Å². The molecule has 0 spiro atoms. The molecule has 0 bridgehead atoms. The highest BCUT2D eigenvalue weighted by molar-refractivity contribution is 5.83. The summed E-state index contributed by atoms with van der Waals surface area (Å²) in [5.41, 5.74) is 1.22. The predicted molar refractivity (Wildman–Crippen MR) is 89.8 cm³/mol. The fourth-order valence-corrected chi connectivity index (χ4v) is 2.60. The summed E-state index contributed by atoms with van der Waals surface area (Å²) in [6.07, 6.45) is 6.91. The zero-order valence-electron chi connectivity index (χ0n) is 13.1. The molecule has 1 heterocycles. The van der Waals surface area contributed by atoms with Gasteiger partial charge in [0.05, 0.1) is 19.0 Å². The molecule has 0 fully saturated rings. The highest BCUT2D eigenvalue weighted by atomic mass is 16.5. The van der Waals surface area contributed by atoms with Crippen molar-refractivity contribution in [2.75, 3.05) is 0 Å². The first-order valence-corrected chi connectivity index (χ1v) is 7.86. The molecule has 3 rings (SSSR count). The largest absolute Gasteiger partial charge is 0.369 e. The standard InChI is InChI=1S/C19H22N2O/c1-3-15(2)22-19(13-21-11-10-20-14-21)18-9-8-16-6-4-5-7-17(16)12-18/h4-12,14-15,19H,3,13H2,1-2H3. The van der Waals surface area contributed by atoms with Crippen LogP contribution in [0.2, 0.25) is 0 Å². The highest BCUT2D eigenvalue weighted by Crippen LogP contribution is 2.26. The lowest BCUT2D eigenvalue weighted by atomic mass is 10.0. The van der Waals surface area contributed by atoms with E-state index in [1.54, 1.807) is 6.20 Å². The predicted octanol–water partition coefficient (Wildman–Crippen LogP) is 4.59. The Bertz CT molecular complexity index is 721. The molecule has 22 heavy (non-hydrogen) atoms. The fraction of sp³-hybridized carbons (Fsp3) is 0.316. The molecule has 0 amide bonds. The van der Waals surface area contributed by atoms with Crippen LogP contribution in [-0.2, 0) is 11.3 Å². The minimum atomic E-state index is 0.0359. The minimum absolute atomic E-state index is 0.0359. The van der Waals surface area contributed by atoms with Crippen molar-refractivity contribution >= 4 is 10.8 Å². The van der Waals surface area contributed by atoms with E-state index in [0.717, 1.165) is 13.0 Å². The van der Waals surface area contributed by atoms with Crippen LogP contribution in [0.25, 0.3) is 10.8 Å². The van der Waals surface area contributed by atoms with Crippen molar-refractivity contribution < 1.29 is 4.74 Å². The average molecular weight is 294 g/mol. The van der Waals surface area contributed by atoms with Crippen LogP contribution >= 0.6 is 0 Å². The summed E-state index contributed by atoms with van der Waals surface area (Å²) in [4.78, 5) is 4.13. The van der Waals surface area contributed by atoms with E-state index in [2.05, 4.69) is 65.9 Å². The van der Waals surface area contributed by atoms with E-state index in [4.69, 9.17) is 4.74 Å². The van der Waals surface area contributed by atoms with Crippen LogP contribution in [-0.4, -0.2) is 15.7 Å². The highest BCUT2D eigenvalue weighted by Gasteiger charge is 2.16. The number of hydrogen-bond donors (Lipinski definition) is 0. The summed E-state index contributed by atoms with van der Waals surface area (Å²) in [6.45, 7) is 5.06. The Hall–Kier alpha value is -2.13. The zero-order chi connectivity index (χ0) is 15.4. The van der Waals surface area contributed by atoms with E-state index in [-0.39, 0.29) is 12.2 Å². The number of rotatable bonds is 6. The Balaban J connectivity index is 1.91. The summed E-state index contributed by atoms with van der Waals surface area (Å²) in [7, 11) is 0. The maximum absolute atomic E-state index is 6.26. The second kappa shape index (κ2) is 6.75. The van der Waals surface area contributed by atoms with Crippen LogP contribution in [0.15, 0.2) is 61.2 Å². The van der Waals surface area contributed by atoms with E-state index in [1.807, 2.05) is 12.5 Å².